The van der Waals surface area contributed by atoms with Gasteiger partial charge in [-0.2, -0.15) is 0 Å². The minimum atomic E-state index is 0.0128. The first kappa shape index (κ1) is 10.9. The zero-order valence-electron chi connectivity index (χ0n) is 10.2. The van der Waals surface area contributed by atoms with Gasteiger partial charge in [0.25, 0.3) is 5.56 Å². The molecule has 0 amide bonds. The summed E-state index contributed by atoms with van der Waals surface area (Å²) in [6, 6.07) is 0.361. The summed E-state index contributed by atoms with van der Waals surface area (Å²) in [5, 5.41) is 3.31. The second-order valence-electron chi connectivity index (χ2n) is 5.53. The molecule has 0 atom stereocenters. The molecule has 0 spiro atoms. The van der Waals surface area contributed by atoms with Crippen LogP contribution in [0.4, 0.5) is 5.69 Å². The van der Waals surface area contributed by atoms with Crippen molar-refractivity contribution in [3.05, 3.63) is 16.0 Å². The lowest BCUT2D eigenvalue weighted by Crippen LogP contribution is -2.21. The van der Waals surface area contributed by atoms with Crippen molar-refractivity contribution in [2.24, 2.45) is 0 Å². The molecule has 0 saturated heterocycles. The number of hydrogen-bond donors (Lipinski definition) is 2. The average Bonchev–Trinajstić information content (AvgIpc) is 3.02. The Labute approximate surface area is 101 Å². The first-order chi connectivity index (χ1) is 8.27. The van der Waals surface area contributed by atoms with Gasteiger partial charge in [0.1, 0.15) is 5.69 Å². The molecule has 2 aliphatic carbocycles. The third-order valence-electron chi connectivity index (χ3n) is 4.43. The smallest absolute Gasteiger partial charge is 0.290 e. The lowest BCUT2D eigenvalue weighted by molar-refractivity contribution is 0.447. The van der Waals surface area contributed by atoms with Gasteiger partial charge in [0.15, 0.2) is 0 Å². The maximum Gasteiger partial charge on any atom is 0.290 e. The lowest BCUT2D eigenvalue weighted by atomic mass is 10.0. The van der Waals surface area contributed by atoms with Crippen LogP contribution in [-0.2, 0) is 0 Å². The summed E-state index contributed by atoms with van der Waals surface area (Å²) in [6.45, 7) is 0. The Bertz CT molecular complexity index is 448. The molecule has 17 heavy (non-hydrogen) atoms. The van der Waals surface area contributed by atoms with Gasteiger partial charge in [0.05, 0.1) is 11.7 Å². The molecule has 0 unspecified atom stereocenters. The van der Waals surface area contributed by atoms with E-state index in [4.69, 9.17) is 5.73 Å². The minimum absolute atomic E-state index is 0.0128. The van der Waals surface area contributed by atoms with Crippen LogP contribution in [0.25, 0.3) is 0 Å². The zero-order chi connectivity index (χ0) is 11.8. The first-order valence-electron chi connectivity index (χ1n) is 6.87. The van der Waals surface area contributed by atoms with Crippen molar-refractivity contribution < 1.29 is 0 Å². The molecule has 2 saturated carbocycles. The maximum atomic E-state index is 12.1. The van der Waals surface area contributed by atoms with Crippen LogP contribution in [0.15, 0.2) is 4.79 Å². The summed E-state index contributed by atoms with van der Waals surface area (Å²) < 4.78 is 1.80. The van der Waals surface area contributed by atoms with Gasteiger partial charge in [-0.25, -0.2) is 4.68 Å². The van der Waals surface area contributed by atoms with Crippen LogP contribution in [0, 0.1) is 0 Å². The van der Waals surface area contributed by atoms with Gasteiger partial charge in [0, 0.05) is 5.92 Å². The molecule has 4 heteroatoms. The van der Waals surface area contributed by atoms with E-state index < -0.39 is 0 Å². The van der Waals surface area contributed by atoms with Crippen molar-refractivity contribution in [3.63, 3.8) is 0 Å². The number of nitrogen functional groups attached to an aromatic ring is 1. The van der Waals surface area contributed by atoms with Crippen LogP contribution in [0.3, 0.4) is 0 Å². The van der Waals surface area contributed by atoms with E-state index in [9.17, 15) is 4.79 Å². The van der Waals surface area contributed by atoms with Crippen LogP contribution in [0.5, 0.6) is 0 Å². The first-order valence-corrected chi connectivity index (χ1v) is 6.87. The molecule has 1 aromatic heterocycles. The quantitative estimate of drug-likeness (QED) is 0.827. The Balaban J connectivity index is 1.94. The van der Waals surface area contributed by atoms with Crippen molar-refractivity contribution in [1.29, 1.82) is 0 Å². The molecular weight excluding hydrogens is 214 g/mol. The summed E-state index contributed by atoms with van der Waals surface area (Å²) in [6.07, 6.45) is 9.57. The third-order valence-corrected chi connectivity index (χ3v) is 4.43. The highest BCUT2D eigenvalue weighted by Gasteiger charge is 2.26. The van der Waals surface area contributed by atoms with Gasteiger partial charge in [-0.05, 0) is 25.7 Å². The number of nitrogens with one attached hydrogen (secondary N) is 1. The normalized spacial score (nSPS) is 22.6. The van der Waals surface area contributed by atoms with E-state index in [0.29, 0.717) is 17.6 Å². The zero-order valence-corrected chi connectivity index (χ0v) is 10.2. The predicted molar refractivity (Wildman–Crippen MR) is 68.2 cm³/mol. The molecule has 4 nitrogen and oxygen atoms in total. The Morgan fingerprint density at radius 1 is 1.06 bits per heavy atom. The van der Waals surface area contributed by atoms with E-state index in [2.05, 4.69) is 5.10 Å². The number of nitrogens with zero attached hydrogens (tertiary/aromatic N) is 1. The molecule has 2 fully saturated rings. The monoisotopic (exact) mass is 235 g/mol. The van der Waals surface area contributed by atoms with Crippen LogP contribution in [0.1, 0.15) is 69.0 Å². The highest BCUT2D eigenvalue weighted by molar-refractivity contribution is 5.43. The molecule has 0 bridgehead atoms. The summed E-state index contributed by atoms with van der Waals surface area (Å²) in [5.74, 6) is 0.491. The van der Waals surface area contributed by atoms with E-state index in [-0.39, 0.29) is 5.56 Å². The van der Waals surface area contributed by atoms with Gasteiger partial charge in [0.2, 0.25) is 0 Å². The highest BCUT2D eigenvalue weighted by Crippen LogP contribution is 2.36. The largest absolute Gasteiger partial charge is 0.393 e. The summed E-state index contributed by atoms with van der Waals surface area (Å²) in [4.78, 5) is 12.1. The fourth-order valence-corrected chi connectivity index (χ4v) is 3.43. The average molecular weight is 235 g/mol. The Morgan fingerprint density at radius 3 is 2.29 bits per heavy atom. The molecular formula is C13H21N3O. The summed E-state index contributed by atoms with van der Waals surface area (Å²) in [7, 11) is 0. The molecule has 1 aromatic rings. The number of hydrogen-bond acceptors (Lipinski definition) is 2. The van der Waals surface area contributed by atoms with Crippen LogP contribution < -0.4 is 11.3 Å². The summed E-state index contributed by atoms with van der Waals surface area (Å²) >= 11 is 0. The molecule has 3 rings (SSSR count). The molecule has 0 aliphatic heterocycles. The second kappa shape index (κ2) is 4.24. The summed E-state index contributed by atoms with van der Waals surface area (Å²) in [5.41, 5.74) is 7.49. The van der Waals surface area contributed by atoms with Crippen molar-refractivity contribution in [3.8, 4) is 0 Å². The lowest BCUT2D eigenvalue weighted by Gasteiger charge is -2.11. The number of aromatic amines is 1. The Hall–Kier alpha value is -1.19. The SMILES string of the molecule is Nc1c(C2CCCC2)[nH]n(C2CCCC2)c1=O. The van der Waals surface area contributed by atoms with E-state index in [0.717, 1.165) is 18.5 Å². The van der Waals surface area contributed by atoms with Crippen molar-refractivity contribution in [2.75, 3.05) is 5.73 Å². The Kier molecular flexibility index (Phi) is 2.73. The number of nitrogens with two attached hydrogens (primary N) is 1. The predicted octanol–water partition coefficient (Wildman–Crippen LogP) is 2.53. The number of rotatable bonds is 2. The van der Waals surface area contributed by atoms with Crippen molar-refractivity contribution in [2.45, 2.75) is 63.3 Å². The number of aromatic nitrogens is 2. The van der Waals surface area contributed by atoms with Crippen molar-refractivity contribution in [1.82, 2.24) is 9.78 Å². The molecule has 94 valence electrons. The van der Waals surface area contributed by atoms with Gasteiger partial charge in [-0.3, -0.25) is 9.89 Å². The van der Waals surface area contributed by atoms with Gasteiger partial charge < -0.3 is 5.73 Å². The highest BCUT2D eigenvalue weighted by atomic mass is 16.1. The maximum absolute atomic E-state index is 12.1. The number of anilines is 1. The van der Waals surface area contributed by atoms with Crippen LogP contribution >= 0.6 is 0 Å². The molecule has 0 aromatic carbocycles. The fraction of sp³-hybridized carbons (Fsp3) is 0.769. The molecule has 1 heterocycles. The third kappa shape index (κ3) is 1.79. The standard InChI is InChI=1S/C13H21N3O/c14-11-12(9-5-1-2-6-9)15-16(13(11)17)10-7-3-4-8-10/h9-10,15H,1-8,14H2. The molecule has 3 N–H and O–H groups in total. The van der Waals surface area contributed by atoms with E-state index in [1.165, 1.54) is 38.5 Å². The van der Waals surface area contributed by atoms with Crippen LogP contribution in [0.2, 0.25) is 0 Å². The van der Waals surface area contributed by atoms with Gasteiger partial charge in [-0.1, -0.05) is 25.7 Å². The number of H-pyrrole nitrogens is 1. The fourth-order valence-electron chi connectivity index (χ4n) is 3.43. The topological polar surface area (TPSA) is 63.8 Å². The van der Waals surface area contributed by atoms with Crippen LogP contribution in [-0.4, -0.2) is 9.78 Å². The second-order valence-corrected chi connectivity index (χ2v) is 5.53. The van der Waals surface area contributed by atoms with Crippen molar-refractivity contribution >= 4 is 5.69 Å². The van der Waals surface area contributed by atoms with E-state index in [1.807, 2.05) is 0 Å². The Morgan fingerprint density at radius 2 is 1.65 bits per heavy atom. The minimum Gasteiger partial charge on any atom is -0.393 e. The van der Waals surface area contributed by atoms with Gasteiger partial charge in [-0.15, -0.1) is 0 Å². The van der Waals surface area contributed by atoms with E-state index in [1.54, 1.807) is 4.68 Å². The molecule has 2 aliphatic rings. The van der Waals surface area contributed by atoms with E-state index >= 15 is 0 Å². The molecule has 0 radical (unpaired) electrons. The van der Waals surface area contributed by atoms with Gasteiger partial charge >= 0.3 is 0 Å².